The standard InChI is InChI=1S/C25H19ClN4O/c1-15-7-12-20-19(13-15)22-21(24(31-20)17-8-10-18(26)11-9-17)23(16-5-3-2-4-6-16)30-25(29-22)27-14-28-30/h2-14,23-24H,1H3,(H,27,28,29)/t23-,24+/m0/s1. The maximum absolute atomic E-state index is 6.62. The van der Waals surface area contributed by atoms with Gasteiger partial charge in [-0.15, -0.1) is 0 Å². The molecule has 0 saturated heterocycles. The van der Waals surface area contributed by atoms with Crippen LogP contribution in [0.4, 0.5) is 5.95 Å². The van der Waals surface area contributed by atoms with Gasteiger partial charge in [0, 0.05) is 16.2 Å². The predicted molar refractivity (Wildman–Crippen MR) is 121 cm³/mol. The summed E-state index contributed by atoms with van der Waals surface area (Å²) in [5.74, 6) is 1.56. The highest BCUT2D eigenvalue weighted by Gasteiger charge is 2.40. The molecular weight excluding hydrogens is 408 g/mol. The fourth-order valence-electron chi connectivity index (χ4n) is 4.45. The van der Waals surface area contributed by atoms with Crippen LogP contribution in [0.5, 0.6) is 5.75 Å². The third-order valence-electron chi connectivity index (χ3n) is 5.86. The summed E-state index contributed by atoms with van der Waals surface area (Å²) >= 11 is 6.18. The molecule has 31 heavy (non-hydrogen) atoms. The van der Waals surface area contributed by atoms with Crippen molar-refractivity contribution in [1.82, 2.24) is 14.8 Å². The van der Waals surface area contributed by atoms with E-state index in [1.54, 1.807) is 6.33 Å². The van der Waals surface area contributed by atoms with Gasteiger partial charge in [-0.1, -0.05) is 65.7 Å². The Morgan fingerprint density at radius 2 is 1.77 bits per heavy atom. The van der Waals surface area contributed by atoms with Crippen LogP contribution in [0.15, 0.2) is 84.7 Å². The van der Waals surface area contributed by atoms with Gasteiger partial charge in [0.15, 0.2) is 0 Å². The fourth-order valence-corrected chi connectivity index (χ4v) is 4.58. The van der Waals surface area contributed by atoms with Crippen LogP contribution in [0, 0.1) is 6.92 Å². The molecule has 152 valence electrons. The quantitative estimate of drug-likeness (QED) is 0.440. The largest absolute Gasteiger partial charge is 0.480 e. The number of fused-ring (bicyclic) bond motifs is 3. The maximum Gasteiger partial charge on any atom is 0.226 e. The van der Waals surface area contributed by atoms with Gasteiger partial charge in [-0.25, -0.2) is 4.68 Å². The SMILES string of the molecule is Cc1ccc2c(c1)C1=C([C@H](c3ccccc3)n3ncnc3N1)[C@@H](c1ccc(Cl)cc1)O2. The Kier molecular flexibility index (Phi) is 4.11. The molecule has 0 bridgehead atoms. The summed E-state index contributed by atoms with van der Waals surface area (Å²) in [6.07, 6.45) is 1.30. The molecule has 6 heteroatoms. The van der Waals surface area contributed by atoms with Crippen LogP contribution in [-0.2, 0) is 0 Å². The van der Waals surface area contributed by atoms with E-state index in [2.05, 4.69) is 46.6 Å². The number of ether oxygens (including phenoxy) is 1. The zero-order valence-corrected chi connectivity index (χ0v) is 17.5. The number of hydrogen-bond acceptors (Lipinski definition) is 4. The molecule has 2 aliphatic rings. The molecule has 5 nitrogen and oxygen atoms in total. The van der Waals surface area contributed by atoms with Crippen molar-refractivity contribution in [2.24, 2.45) is 0 Å². The van der Waals surface area contributed by atoms with Gasteiger partial charge >= 0.3 is 0 Å². The number of aryl methyl sites for hydroxylation is 1. The molecule has 1 aromatic heterocycles. The topological polar surface area (TPSA) is 52.0 Å². The van der Waals surface area contributed by atoms with E-state index in [-0.39, 0.29) is 12.1 Å². The van der Waals surface area contributed by atoms with Crippen LogP contribution >= 0.6 is 11.6 Å². The molecule has 0 amide bonds. The van der Waals surface area contributed by atoms with Gasteiger partial charge in [0.2, 0.25) is 5.95 Å². The minimum Gasteiger partial charge on any atom is -0.480 e. The first-order valence-electron chi connectivity index (χ1n) is 10.2. The second-order valence-electron chi connectivity index (χ2n) is 7.85. The van der Waals surface area contributed by atoms with Crippen LogP contribution in [0.25, 0.3) is 5.70 Å². The predicted octanol–water partition coefficient (Wildman–Crippen LogP) is 5.80. The lowest BCUT2D eigenvalue weighted by Crippen LogP contribution is -2.32. The van der Waals surface area contributed by atoms with E-state index < -0.39 is 0 Å². The molecule has 6 rings (SSSR count). The molecular formula is C25H19ClN4O. The first-order chi connectivity index (χ1) is 15.2. The van der Waals surface area contributed by atoms with Gasteiger partial charge in [-0.3, -0.25) is 0 Å². The molecule has 2 atom stereocenters. The van der Waals surface area contributed by atoms with Crippen molar-refractivity contribution in [3.8, 4) is 5.75 Å². The summed E-state index contributed by atoms with van der Waals surface area (Å²) < 4.78 is 8.55. The zero-order valence-electron chi connectivity index (χ0n) is 16.8. The monoisotopic (exact) mass is 426 g/mol. The molecule has 3 aromatic carbocycles. The Balaban J connectivity index is 1.64. The first-order valence-corrected chi connectivity index (χ1v) is 10.6. The van der Waals surface area contributed by atoms with Crippen molar-refractivity contribution in [2.75, 3.05) is 5.32 Å². The lowest BCUT2D eigenvalue weighted by Gasteiger charge is -2.39. The summed E-state index contributed by atoms with van der Waals surface area (Å²) in [6, 6.07) is 24.3. The van der Waals surface area contributed by atoms with Gasteiger partial charge < -0.3 is 10.1 Å². The van der Waals surface area contributed by atoms with Crippen LogP contribution in [0.2, 0.25) is 5.02 Å². The van der Waals surface area contributed by atoms with Crippen LogP contribution in [0.3, 0.4) is 0 Å². The number of anilines is 1. The summed E-state index contributed by atoms with van der Waals surface area (Å²) in [5, 5.41) is 8.79. The smallest absolute Gasteiger partial charge is 0.226 e. The molecule has 0 fully saturated rings. The highest BCUT2D eigenvalue weighted by molar-refractivity contribution is 6.30. The van der Waals surface area contributed by atoms with Gasteiger partial charge in [-0.05, 0) is 42.3 Å². The molecule has 4 aromatic rings. The van der Waals surface area contributed by atoms with Crippen molar-refractivity contribution in [3.63, 3.8) is 0 Å². The minimum absolute atomic E-state index is 0.149. The normalized spacial score (nSPS) is 19.0. The first kappa shape index (κ1) is 18.2. The van der Waals surface area contributed by atoms with Crippen molar-refractivity contribution in [3.05, 3.63) is 112 Å². The van der Waals surface area contributed by atoms with Crippen molar-refractivity contribution in [2.45, 2.75) is 19.1 Å². The Bertz CT molecular complexity index is 1310. The molecule has 3 heterocycles. The second-order valence-corrected chi connectivity index (χ2v) is 8.28. The molecule has 1 N–H and O–H groups in total. The Labute approximate surface area is 185 Å². The Morgan fingerprint density at radius 3 is 2.58 bits per heavy atom. The van der Waals surface area contributed by atoms with Crippen LogP contribution in [-0.4, -0.2) is 14.8 Å². The summed E-state index contributed by atoms with van der Waals surface area (Å²) in [7, 11) is 0. The van der Waals surface area contributed by atoms with E-state index in [0.717, 1.165) is 39.7 Å². The van der Waals surface area contributed by atoms with Crippen molar-refractivity contribution in [1.29, 1.82) is 0 Å². The zero-order chi connectivity index (χ0) is 20.9. The van der Waals surface area contributed by atoms with Gasteiger partial charge in [0.25, 0.3) is 0 Å². The number of hydrogen-bond donors (Lipinski definition) is 1. The highest BCUT2D eigenvalue weighted by Crippen LogP contribution is 2.50. The summed E-state index contributed by atoms with van der Waals surface area (Å²) in [6.45, 7) is 2.09. The molecule has 0 aliphatic carbocycles. The van der Waals surface area contributed by atoms with Gasteiger partial charge in [0.1, 0.15) is 24.2 Å². The number of nitrogens with one attached hydrogen (secondary N) is 1. The van der Waals surface area contributed by atoms with E-state index >= 15 is 0 Å². The van der Waals surface area contributed by atoms with E-state index in [4.69, 9.17) is 16.3 Å². The number of aromatic nitrogens is 3. The number of rotatable bonds is 2. The third kappa shape index (κ3) is 2.93. The van der Waals surface area contributed by atoms with Crippen molar-refractivity contribution < 1.29 is 4.74 Å². The van der Waals surface area contributed by atoms with E-state index in [0.29, 0.717) is 5.02 Å². The Hall–Kier alpha value is -3.57. The highest BCUT2D eigenvalue weighted by atomic mass is 35.5. The van der Waals surface area contributed by atoms with Gasteiger partial charge in [-0.2, -0.15) is 10.1 Å². The maximum atomic E-state index is 6.62. The molecule has 2 aliphatic heterocycles. The van der Waals surface area contributed by atoms with Crippen LogP contribution in [0.1, 0.15) is 34.4 Å². The summed E-state index contributed by atoms with van der Waals surface area (Å²) in [5.41, 5.74) is 6.50. The second kappa shape index (κ2) is 7.00. The average Bonchev–Trinajstić information content (AvgIpc) is 3.27. The lowest BCUT2D eigenvalue weighted by atomic mass is 9.84. The fraction of sp³-hybridized carbons (Fsp3) is 0.120. The minimum atomic E-state index is -0.294. The third-order valence-corrected chi connectivity index (χ3v) is 6.11. The summed E-state index contributed by atoms with van der Waals surface area (Å²) in [4.78, 5) is 4.48. The number of halogens is 1. The number of benzene rings is 3. The van der Waals surface area contributed by atoms with Crippen LogP contribution < -0.4 is 10.1 Å². The van der Waals surface area contributed by atoms with Crippen molar-refractivity contribution >= 4 is 23.2 Å². The molecule has 0 radical (unpaired) electrons. The van der Waals surface area contributed by atoms with E-state index in [1.165, 1.54) is 5.56 Å². The van der Waals surface area contributed by atoms with E-state index in [9.17, 15) is 0 Å². The molecule has 0 saturated carbocycles. The molecule has 0 spiro atoms. The molecule has 0 unspecified atom stereocenters. The Morgan fingerprint density at radius 1 is 0.968 bits per heavy atom. The lowest BCUT2D eigenvalue weighted by molar-refractivity contribution is 0.223. The van der Waals surface area contributed by atoms with E-state index in [1.807, 2.05) is 53.2 Å². The van der Waals surface area contributed by atoms with Gasteiger partial charge in [0.05, 0.1) is 5.70 Å². The average molecular weight is 427 g/mol. The number of nitrogens with zero attached hydrogens (tertiary/aromatic N) is 3.